The van der Waals surface area contributed by atoms with Gasteiger partial charge in [0.2, 0.25) is 5.91 Å². The van der Waals surface area contributed by atoms with Crippen molar-refractivity contribution in [2.75, 3.05) is 23.5 Å². The largest absolute Gasteiger partial charge is 0.437 e. The summed E-state index contributed by atoms with van der Waals surface area (Å²) < 4.78 is 41.9. The fourth-order valence-corrected chi connectivity index (χ4v) is 2.98. The molecule has 0 bridgehead atoms. The Kier molecular flexibility index (Phi) is 5.55. The molecule has 9 heteroatoms. The number of anilines is 1. The molecule has 0 saturated heterocycles. The Balaban J connectivity index is 2.01. The van der Waals surface area contributed by atoms with Crippen LogP contribution in [0.3, 0.4) is 0 Å². The third kappa shape index (κ3) is 4.38. The fourth-order valence-electron chi connectivity index (χ4n) is 2.60. The number of nitrogens with zero attached hydrogens (tertiary/aromatic N) is 4. The maximum Gasteiger partial charge on any atom is 0.437 e. The summed E-state index contributed by atoms with van der Waals surface area (Å²) >= 11 is 1.49. The van der Waals surface area contributed by atoms with Gasteiger partial charge < -0.3 is 4.90 Å². The van der Waals surface area contributed by atoms with Crippen LogP contribution in [0.5, 0.6) is 0 Å². The van der Waals surface area contributed by atoms with Crippen LogP contribution in [-0.4, -0.2) is 39.2 Å². The Bertz CT molecular complexity index is 759. The predicted octanol–water partition coefficient (Wildman–Crippen LogP) is 3.78. The van der Waals surface area contributed by atoms with Crippen molar-refractivity contribution < 1.29 is 18.0 Å². The summed E-state index contributed by atoms with van der Waals surface area (Å²) in [6.45, 7) is 0.301. The second-order valence-corrected chi connectivity index (χ2v) is 7.19. The monoisotopic (exact) mass is 384 g/mol. The SMILES string of the molecule is CSCCC(=O)N(CC1CC1)c1cn(-c2cccnc2)nc1C(F)(F)F. The van der Waals surface area contributed by atoms with E-state index in [1.165, 1.54) is 35.3 Å². The molecule has 2 heterocycles. The van der Waals surface area contributed by atoms with Gasteiger partial charge in [-0.25, -0.2) is 4.68 Å². The highest BCUT2D eigenvalue weighted by atomic mass is 32.2. The van der Waals surface area contributed by atoms with Gasteiger partial charge in [0.15, 0.2) is 5.69 Å². The molecule has 1 aliphatic carbocycles. The lowest BCUT2D eigenvalue weighted by atomic mass is 10.2. The van der Waals surface area contributed by atoms with Gasteiger partial charge in [-0.15, -0.1) is 0 Å². The van der Waals surface area contributed by atoms with E-state index in [0.717, 1.165) is 17.5 Å². The highest BCUT2D eigenvalue weighted by molar-refractivity contribution is 7.98. The van der Waals surface area contributed by atoms with E-state index in [9.17, 15) is 18.0 Å². The van der Waals surface area contributed by atoms with Crippen molar-refractivity contribution >= 4 is 23.4 Å². The number of carbonyl (C=O) groups excluding carboxylic acids is 1. The van der Waals surface area contributed by atoms with Crippen LogP contribution >= 0.6 is 11.8 Å². The lowest BCUT2D eigenvalue weighted by Gasteiger charge is -2.22. The number of pyridine rings is 1. The smallest absolute Gasteiger partial charge is 0.309 e. The number of alkyl halides is 3. The molecule has 0 N–H and O–H groups in total. The van der Waals surface area contributed by atoms with Crippen LogP contribution in [0.2, 0.25) is 0 Å². The molecule has 0 spiro atoms. The first kappa shape index (κ1) is 18.8. The Morgan fingerprint density at radius 3 is 2.77 bits per heavy atom. The van der Waals surface area contributed by atoms with E-state index in [4.69, 9.17) is 0 Å². The van der Waals surface area contributed by atoms with Crippen molar-refractivity contribution in [1.29, 1.82) is 0 Å². The standard InChI is InChI=1S/C17H19F3N4OS/c1-26-8-6-15(25)23(10-12-4-5-12)14-11-24(13-3-2-7-21-9-13)22-16(14)17(18,19)20/h2-3,7,9,11-12H,4-6,8,10H2,1H3. The minimum absolute atomic E-state index is 0.181. The molecule has 2 aromatic rings. The van der Waals surface area contributed by atoms with Gasteiger partial charge >= 0.3 is 6.18 Å². The fraction of sp³-hybridized carbons (Fsp3) is 0.471. The molecule has 5 nitrogen and oxygen atoms in total. The van der Waals surface area contributed by atoms with Crippen LogP contribution < -0.4 is 4.90 Å². The zero-order valence-corrected chi connectivity index (χ0v) is 15.1. The number of amides is 1. The van der Waals surface area contributed by atoms with Gasteiger partial charge in [0, 0.05) is 24.9 Å². The summed E-state index contributed by atoms with van der Waals surface area (Å²) in [6, 6.07) is 3.24. The highest BCUT2D eigenvalue weighted by Gasteiger charge is 2.41. The average Bonchev–Trinajstić information content (AvgIpc) is 3.32. The Hall–Kier alpha value is -2.03. The van der Waals surface area contributed by atoms with E-state index < -0.39 is 11.9 Å². The second-order valence-electron chi connectivity index (χ2n) is 6.21. The van der Waals surface area contributed by atoms with Gasteiger partial charge in [-0.2, -0.15) is 30.0 Å². The molecule has 140 valence electrons. The number of hydrogen-bond acceptors (Lipinski definition) is 4. The molecule has 1 saturated carbocycles. The molecule has 0 atom stereocenters. The number of halogens is 3. The summed E-state index contributed by atoms with van der Waals surface area (Å²) in [5.41, 5.74) is -0.814. The molecular formula is C17H19F3N4OS. The summed E-state index contributed by atoms with van der Waals surface area (Å²) in [4.78, 5) is 17.8. The van der Waals surface area contributed by atoms with Gasteiger partial charge in [-0.1, -0.05) is 0 Å². The first-order chi connectivity index (χ1) is 12.4. The van der Waals surface area contributed by atoms with Crippen LogP contribution in [0.4, 0.5) is 18.9 Å². The van der Waals surface area contributed by atoms with Crippen LogP contribution in [0, 0.1) is 5.92 Å². The zero-order valence-electron chi connectivity index (χ0n) is 14.2. The van der Waals surface area contributed by atoms with E-state index >= 15 is 0 Å². The van der Waals surface area contributed by atoms with Gasteiger partial charge in [0.1, 0.15) is 0 Å². The Morgan fingerprint density at radius 2 is 2.19 bits per heavy atom. The number of hydrogen-bond donors (Lipinski definition) is 0. The van der Waals surface area contributed by atoms with Crippen LogP contribution in [0.1, 0.15) is 25.0 Å². The van der Waals surface area contributed by atoms with Gasteiger partial charge in [0.05, 0.1) is 23.8 Å². The van der Waals surface area contributed by atoms with Crippen molar-refractivity contribution in [3.8, 4) is 5.69 Å². The van der Waals surface area contributed by atoms with E-state index in [-0.39, 0.29) is 23.9 Å². The number of thioether (sulfide) groups is 1. The first-order valence-electron chi connectivity index (χ1n) is 8.26. The van der Waals surface area contributed by atoms with Crippen LogP contribution in [0.15, 0.2) is 30.7 Å². The second kappa shape index (κ2) is 7.69. The Labute approximate surface area is 153 Å². The Morgan fingerprint density at radius 1 is 1.42 bits per heavy atom. The zero-order chi connectivity index (χ0) is 18.7. The third-order valence-corrected chi connectivity index (χ3v) is 4.74. The maximum atomic E-state index is 13.6. The first-order valence-corrected chi connectivity index (χ1v) is 9.66. The molecule has 0 unspecified atom stereocenters. The van der Waals surface area contributed by atoms with Crippen molar-refractivity contribution in [3.63, 3.8) is 0 Å². The maximum absolute atomic E-state index is 13.6. The lowest BCUT2D eigenvalue weighted by Crippen LogP contribution is -2.34. The van der Waals surface area contributed by atoms with Crippen molar-refractivity contribution in [2.24, 2.45) is 5.92 Å². The number of aromatic nitrogens is 3. The minimum Gasteiger partial charge on any atom is -0.309 e. The summed E-state index contributed by atoms with van der Waals surface area (Å²) in [7, 11) is 0. The van der Waals surface area contributed by atoms with Gasteiger partial charge in [-0.05, 0) is 37.1 Å². The lowest BCUT2D eigenvalue weighted by molar-refractivity contribution is -0.140. The van der Waals surface area contributed by atoms with E-state index in [0.29, 0.717) is 18.0 Å². The highest BCUT2D eigenvalue weighted by Crippen LogP contribution is 2.39. The summed E-state index contributed by atoms with van der Waals surface area (Å²) in [6.07, 6.45) is 3.52. The van der Waals surface area contributed by atoms with Crippen molar-refractivity contribution in [2.45, 2.75) is 25.4 Å². The van der Waals surface area contributed by atoms with Crippen molar-refractivity contribution in [1.82, 2.24) is 14.8 Å². The third-order valence-electron chi connectivity index (χ3n) is 4.12. The number of carbonyl (C=O) groups is 1. The van der Waals surface area contributed by atoms with E-state index in [1.54, 1.807) is 12.1 Å². The summed E-state index contributed by atoms with van der Waals surface area (Å²) in [5, 5.41) is 3.72. The predicted molar refractivity (Wildman–Crippen MR) is 94.4 cm³/mol. The quantitative estimate of drug-likeness (QED) is 0.729. The molecule has 3 rings (SSSR count). The average molecular weight is 384 g/mol. The molecule has 0 aromatic carbocycles. The molecule has 0 radical (unpaired) electrons. The summed E-state index contributed by atoms with van der Waals surface area (Å²) in [5.74, 6) is 0.525. The number of rotatable bonds is 7. The molecular weight excluding hydrogens is 365 g/mol. The van der Waals surface area contributed by atoms with E-state index in [1.807, 2.05) is 6.26 Å². The van der Waals surface area contributed by atoms with E-state index in [2.05, 4.69) is 10.1 Å². The van der Waals surface area contributed by atoms with Gasteiger partial charge in [-0.3, -0.25) is 9.78 Å². The van der Waals surface area contributed by atoms with Crippen molar-refractivity contribution in [3.05, 3.63) is 36.4 Å². The molecule has 1 amide bonds. The van der Waals surface area contributed by atoms with Crippen LogP contribution in [0.25, 0.3) is 5.69 Å². The normalized spacial score (nSPS) is 14.5. The molecule has 1 fully saturated rings. The minimum atomic E-state index is -4.65. The topological polar surface area (TPSA) is 51.0 Å². The molecule has 1 aliphatic rings. The molecule has 26 heavy (non-hydrogen) atoms. The molecule has 2 aromatic heterocycles. The van der Waals surface area contributed by atoms with Gasteiger partial charge in [0.25, 0.3) is 0 Å². The molecule has 0 aliphatic heterocycles. The van der Waals surface area contributed by atoms with Crippen LogP contribution in [-0.2, 0) is 11.0 Å².